The Hall–Kier alpha value is -1.74. The molecule has 2 bridgehead atoms. The SMILES string of the molecule is CC1CC2CC(CC(C)(C(N)=O)C2)C1NC(=O)C1(NSc2ccccc2C(F)(F)F)CCCC1. The zero-order chi connectivity index (χ0) is 24.7. The molecule has 5 atom stereocenters. The molecule has 4 rings (SSSR count). The number of hydrogen-bond donors (Lipinski definition) is 3. The molecule has 5 unspecified atom stereocenters. The number of rotatable bonds is 6. The van der Waals surface area contributed by atoms with Crippen LogP contribution in [0.25, 0.3) is 0 Å². The highest BCUT2D eigenvalue weighted by Gasteiger charge is 2.50. The van der Waals surface area contributed by atoms with Crippen LogP contribution in [0.5, 0.6) is 0 Å². The summed E-state index contributed by atoms with van der Waals surface area (Å²) >= 11 is 0.891. The van der Waals surface area contributed by atoms with E-state index in [1.807, 2.05) is 6.92 Å². The minimum Gasteiger partial charge on any atom is -0.369 e. The number of nitrogens with two attached hydrogens (primary N) is 1. The maximum absolute atomic E-state index is 13.6. The van der Waals surface area contributed by atoms with Crippen LogP contribution in [0.2, 0.25) is 0 Å². The molecule has 188 valence electrons. The molecule has 9 heteroatoms. The molecule has 2 amide bonds. The molecule has 3 saturated carbocycles. The highest BCUT2D eigenvalue weighted by Crippen LogP contribution is 2.50. The summed E-state index contributed by atoms with van der Waals surface area (Å²) in [5.74, 6) is 0.426. The predicted octanol–water partition coefficient (Wildman–Crippen LogP) is 5.05. The Kier molecular flexibility index (Phi) is 6.99. The van der Waals surface area contributed by atoms with Crippen molar-refractivity contribution in [1.29, 1.82) is 0 Å². The maximum Gasteiger partial charge on any atom is 0.417 e. The second kappa shape index (κ2) is 9.37. The molecule has 1 aromatic carbocycles. The van der Waals surface area contributed by atoms with Crippen LogP contribution in [0, 0.1) is 23.2 Å². The molecule has 3 aliphatic rings. The van der Waals surface area contributed by atoms with Crippen molar-refractivity contribution in [2.45, 2.75) is 87.9 Å². The fourth-order valence-corrected chi connectivity index (χ4v) is 7.57. The van der Waals surface area contributed by atoms with Crippen LogP contribution >= 0.6 is 11.9 Å². The van der Waals surface area contributed by atoms with Crippen molar-refractivity contribution in [3.63, 3.8) is 0 Å². The quantitative estimate of drug-likeness (QED) is 0.481. The van der Waals surface area contributed by atoms with Gasteiger partial charge < -0.3 is 11.1 Å². The Balaban J connectivity index is 1.50. The first kappa shape index (κ1) is 25.4. The third kappa shape index (κ3) is 4.96. The zero-order valence-electron chi connectivity index (χ0n) is 19.7. The normalized spacial score (nSPS) is 32.9. The molecule has 34 heavy (non-hydrogen) atoms. The number of amides is 2. The first-order chi connectivity index (χ1) is 15.9. The van der Waals surface area contributed by atoms with E-state index in [0.29, 0.717) is 25.2 Å². The monoisotopic (exact) mass is 497 g/mol. The van der Waals surface area contributed by atoms with Crippen LogP contribution < -0.4 is 15.8 Å². The smallest absolute Gasteiger partial charge is 0.369 e. The highest BCUT2D eigenvalue weighted by atomic mass is 32.2. The zero-order valence-corrected chi connectivity index (χ0v) is 20.5. The van der Waals surface area contributed by atoms with Gasteiger partial charge in [0.15, 0.2) is 0 Å². The van der Waals surface area contributed by atoms with Crippen LogP contribution in [0.1, 0.15) is 70.8 Å². The third-order valence-electron chi connectivity index (χ3n) is 8.25. The van der Waals surface area contributed by atoms with Crippen molar-refractivity contribution in [1.82, 2.24) is 10.0 Å². The minimum absolute atomic E-state index is 0.0625. The number of carbonyl (C=O) groups is 2. The van der Waals surface area contributed by atoms with Crippen LogP contribution in [0.15, 0.2) is 29.2 Å². The lowest BCUT2D eigenvalue weighted by Crippen LogP contribution is -2.60. The van der Waals surface area contributed by atoms with Gasteiger partial charge in [0.2, 0.25) is 11.8 Å². The van der Waals surface area contributed by atoms with Crippen LogP contribution in [0.4, 0.5) is 13.2 Å². The van der Waals surface area contributed by atoms with Crippen molar-refractivity contribution in [2.24, 2.45) is 28.9 Å². The molecule has 0 aromatic heterocycles. The molecule has 0 spiro atoms. The number of alkyl halides is 3. The van der Waals surface area contributed by atoms with Gasteiger partial charge in [0.05, 0.1) is 5.56 Å². The van der Waals surface area contributed by atoms with Gasteiger partial charge in [0.1, 0.15) is 5.54 Å². The molecule has 4 N–H and O–H groups in total. The van der Waals surface area contributed by atoms with Gasteiger partial charge in [-0.2, -0.15) is 13.2 Å². The summed E-state index contributed by atoms with van der Waals surface area (Å²) in [6.45, 7) is 4.07. The van der Waals surface area contributed by atoms with Crippen molar-refractivity contribution in [3.05, 3.63) is 29.8 Å². The predicted molar refractivity (Wildman–Crippen MR) is 125 cm³/mol. The fraction of sp³-hybridized carbons (Fsp3) is 0.680. The number of carbonyl (C=O) groups excluding carboxylic acids is 2. The fourth-order valence-electron chi connectivity index (χ4n) is 6.53. The van der Waals surface area contributed by atoms with Crippen LogP contribution in [-0.2, 0) is 15.8 Å². The minimum atomic E-state index is -4.46. The number of nitrogens with one attached hydrogen (secondary N) is 2. The van der Waals surface area contributed by atoms with E-state index in [2.05, 4.69) is 17.0 Å². The summed E-state index contributed by atoms with van der Waals surface area (Å²) in [5.41, 5.74) is 3.54. The summed E-state index contributed by atoms with van der Waals surface area (Å²) in [7, 11) is 0. The van der Waals surface area contributed by atoms with Gasteiger partial charge in [-0.1, -0.05) is 38.8 Å². The molecular weight excluding hydrogens is 463 g/mol. The lowest BCUT2D eigenvalue weighted by atomic mass is 9.57. The van der Waals surface area contributed by atoms with E-state index in [0.717, 1.165) is 50.1 Å². The molecular formula is C25H34F3N3O2S. The van der Waals surface area contributed by atoms with Crippen molar-refractivity contribution in [3.8, 4) is 0 Å². The first-order valence-corrected chi connectivity index (χ1v) is 13.0. The van der Waals surface area contributed by atoms with Gasteiger partial charge >= 0.3 is 6.18 Å². The van der Waals surface area contributed by atoms with E-state index in [1.165, 1.54) is 12.1 Å². The summed E-state index contributed by atoms with van der Waals surface area (Å²) in [6, 6.07) is 5.35. The number of hydrogen-bond acceptors (Lipinski definition) is 4. The Morgan fingerprint density at radius 3 is 2.44 bits per heavy atom. The lowest BCUT2D eigenvalue weighted by Gasteiger charge is -2.50. The summed E-state index contributed by atoms with van der Waals surface area (Å²) in [6.07, 6.45) is 1.72. The molecule has 0 radical (unpaired) electrons. The maximum atomic E-state index is 13.6. The van der Waals surface area contributed by atoms with Gasteiger partial charge in [-0.15, -0.1) is 0 Å². The molecule has 0 heterocycles. The summed E-state index contributed by atoms with van der Waals surface area (Å²) < 4.78 is 43.5. The standard InChI is InChI=1S/C25H34F3N3O2S/c1-15-11-16-12-17(14-23(2,13-16)21(29)32)20(15)30-22(33)24(9-5-6-10-24)31-34-19-8-4-3-7-18(19)25(26,27)28/h3-4,7-8,15-17,20,31H,5-6,9-14H2,1-2H3,(H2,29,32)(H,30,33). The van der Waals surface area contributed by atoms with E-state index < -0.39 is 22.7 Å². The average molecular weight is 498 g/mol. The molecule has 1 aromatic rings. The first-order valence-electron chi connectivity index (χ1n) is 12.1. The molecule has 5 nitrogen and oxygen atoms in total. The topological polar surface area (TPSA) is 84.2 Å². The van der Waals surface area contributed by atoms with E-state index in [1.54, 1.807) is 6.07 Å². The highest BCUT2D eigenvalue weighted by molar-refractivity contribution is 7.97. The second-order valence-electron chi connectivity index (χ2n) is 10.9. The van der Waals surface area contributed by atoms with Crippen molar-refractivity contribution >= 4 is 23.8 Å². The number of primary amides is 1. The van der Waals surface area contributed by atoms with Gasteiger partial charge in [0.25, 0.3) is 0 Å². The summed E-state index contributed by atoms with van der Waals surface area (Å²) in [5, 5.41) is 3.28. The Bertz CT molecular complexity index is 932. The Morgan fingerprint density at radius 2 is 1.79 bits per heavy atom. The van der Waals surface area contributed by atoms with E-state index in [-0.39, 0.29) is 34.6 Å². The van der Waals surface area contributed by atoms with Crippen molar-refractivity contribution in [2.75, 3.05) is 0 Å². The average Bonchev–Trinajstić information content (AvgIpc) is 3.24. The van der Waals surface area contributed by atoms with E-state index >= 15 is 0 Å². The summed E-state index contributed by atoms with van der Waals surface area (Å²) in [4.78, 5) is 25.8. The number of fused-ring (bicyclic) bond motifs is 2. The van der Waals surface area contributed by atoms with E-state index in [9.17, 15) is 22.8 Å². The van der Waals surface area contributed by atoms with Crippen LogP contribution in [0.3, 0.4) is 0 Å². The van der Waals surface area contributed by atoms with Gasteiger partial charge in [-0.25, -0.2) is 4.72 Å². The van der Waals surface area contributed by atoms with Gasteiger partial charge in [0, 0.05) is 16.4 Å². The van der Waals surface area contributed by atoms with Crippen LogP contribution in [-0.4, -0.2) is 23.4 Å². The molecule has 3 aliphatic carbocycles. The van der Waals surface area contributed by atoms with Gasteiger partial charge in [-0.3, -0.25) is 9.59 Å². The Labute approximate surface area is 203 Å². The van der Waals surface area contributed by atoms with Gasteiger partial charge in [-0.05, 0) is 80.4 Å². The lowest BCUT2D eigenvalue weighted by molar-refractivity contribution is -0.139. The largest absolute Gasteiger partial charge is 0.417 e. The number of benzene rings is 1. The number of halogens is 3. The molecule has 0 aliphatic heterocycles. The molecule has 3 fully saturated rings. The molecule has 0 saturated heterocycles. The van der Waals surface area contributed by atoms with Crippen molar-refractivity contribution < 1.29 is 22.8 Å². The second-order valence-corrected chi connectivity index (χ2v) is 11.7. The third-order valence-corrected chi connectivity index (χ3v) is 9.32. The Morgan fingerprint density at radius 1 is 1.12 bits per heavy atom. The van der Waals surface area contributed by atoms with E-state index in [4.69, 9.17) is 5.73 Å².